The average Bonchev–Trinajstić information content (AvgIpc) is 2.38. The molecule has 1 aromatic carbocycles. The van der Waals surface area contributed by atoms with Crippen LogP contribution in [0.15, 0.2) is 30.3 Å². The molecule has 0 aliphatic carbocycles. The van der Waals surface area contributed by atoms with E-state index >= 15 is 0 Å². The van der Waals surface area contributed by atoms with Gasteiger partial charge in [-0.1, -0.05) is 38.1 Å². The van der Waals surface area contributed by atoms with Gasteiger partial charge in [-0.15, -0.1) is 0 Å². The number of nitrogens with two attached hydrogens (primary N) is 1. The maximum atomic E-state index is 5.80. The number of hydrogen-bond donors (Lipinski definition) is 1. The molecule has 1 aromatic heterocycles. The van der Waals surface area contributed by atoms with E-state index in [2.05, 4.69) is 35.9 Å². The summed E-state index contributed by atoms with van der Waals surface area (Å²) >= 11 is 0. The molecule has 100 valence electrons. The Kier molecular flexibility index (Phi) is 4.12. The standard InChI is InChI=1S/C15H19N3O/c1-10(2)11-4-6-12(7-5-11)15-17-13(9-19-3)8-14(16)18-15/h4-8,10H,9H2,1-3H3,(H2,16,17,18). The minimum Gasteiger partial charge on any atom is -0.384 e. The van der Waals surface area contributed by atoms with Crippen molar-refractivity contribution >= 4 is 5.82 Å². The van der Waals surface area contributed by atoms with Crippen molar-refractivity contribution in [2.75, 3.05) is 12.8 Å². The van der Waals surface area contributed by atoms with Gasteiger partial charge in [0.2, 0.25) is 0 Å². The van der Waals surface area contributed by atoms with Crippen LogP contribution in [0.3, 0.4) is 0 Å². The SMILES string of the molecule is COCc1cc(N)nc(-c2ccc(C(C)C)cc2)n1. The lowest BCUT2D eigenvalue weighted by Gasteiger charge is -2.08. The molecule has 4 nitrogen and oxygen atoms in total. The van der Waals surface area contributed by atoms with Gasteiger partial charge in [0.05, 0.1) is 12.3 Å². The molecule has 0 bridgehead atoms. The molecule has 0 aliphatic rings. The Hall–Kier alpha value is -1.94. The summed E-state index contributed by atoms with van der Waals surface area (Å²) in [6.07, 6.45) is 0. The van der Waals surface area contributed by atoms with Crippen molar-refractivity contribution in [2.45, 2.75) is 26.4 Å². The van der Waals surface area contributed by atoms with Gasteiger partial charge in [-0.3, -0.25) is 0 Å². The molecule has 0 unspecified atom stereocenters. The Balaban J connectivity index is 2.35. The first-order valence-corrected chi connectivity index (χ1v) is 6.33. The summed E-state index contributed by atoms with van der Waals surface area (Å²) < 4.78 is 5.08. The van der Waals surface area contributed by atoms with Gasteiger partial charge in [-0.05, 0) is 11.5 Å². The van der Waals surface area contributed by atoms with Crippen molar-refractivity contribution in [3.8, 4) is 11.4 Å². The first kappa shape index (κ1) is 13.5. The fraction of sp³-hybridized carbons (Fsp3) is 0.333. The third-order valence-electron chi connectivity index (χ3n) is 2.93. The number of aromatic nitrogens is 2. The lowest BCUT2D eigenvalue weighted by atomic mass is 10.0. The highest BCUT2D eigenvalue weighted by atomic mass is 16.5. The van der Waals surface area contributed by atoms with Gasteiger partial charge in [0.1, 0.15) is 5.82 Å². The van der Waals surface area contributed by atoms with Crippen LogP contribution in [-0.4, -0.2) is 17.1 Å². The fourth-order valence-corrected chi connectivity index (χ4v) is 1.89. The number of hydrogen-bond acceptors (Lipinski definition) is 4. The normalized spacial score (nSPS) is 10.9. The molecule has 4 heteroatoms. The van der Waals surface area contributed by atoms with Crippen molar-refractivity contribution in [2.24, 2.45) is 0 Å². The molecule has 0 saturated carbocycles. The monoisotopic (exact) mass is 257 g/mol. The summed E-state index contributed by atoms with van der Waals surface area (Å²) in [4.78, 5) is 8.72. The molecule has 2 rings (SSSR count). The van der Waals surface area contributed by atoms with E-state index < -0.39 is 0 Å². The minimum atomic E-state index is 0.434. The molecule has 19 heavy (non-hydrogen) atoms. The van der Waals surface area contributed by atoms with Crippen LogP contribution in [0.5, 0.6) is 0 Å². The molecule has 0 radical (unpaired) electrons. The molecule has 2 N–H and O–H groups in total. The maximum absolute atomic E-state index is 5.80. The number of anilines is 1. The van der Waals surface area contributed by atoms with E-state index in [1.54, 1.807) is 13.2 Å². The predicted octanol–water partition coefficient (Wildman–Crippen LogP) is 3.00. The molecule has 0 atom stereocenters. The van der Waals surface area contributed by atoms with E-state index in [0.29, 0.717) is 24.2 Å². The second kappa shape index (κ2) is 5.80. The van der Waals surface area contributed by atoms with Crippen LogP contribution in [0.25, 0.3) is 11.4 Å². The average molecular weight is 257 g/mol. The van der Waals surface area contributed by atoms with Gasteiger partial charge in [0.25, 0.3) is 0 Å². The minimum absolute atomic E-state index is 0.434. The van der Waals surface area contributed by atoms with Crippen molar-refractivity contribution in [1.82, 2.24) is 9.97 Å². The van der Waals surface area contributed by atoms with Crippen molar-refractivity contribution in [1.29, 1.82) is 0 Å². The number of rotatable bonds is 4. The van der Waals surface area contributed by atoms with E-state index in [1.807, 2.05) is 12.1 Å². The van der Waals surface area contributed by atoms with Gasteiger partial charge in [-0.2, -0.15) is 0 Å². The van der Waals surface area contributed by atoms with Crippen LogP contribution < -0.4 is 5.73 Å². The lowest BCUT2D eigenvalue weighted by Crippen LogP contribution is -2.01. The largest absolute Gasteiger partial charge is 0.384 e. The van der Waals surface area contributed by atoms with E-state index in [-0.39, 0.29) is 0 Å². The van der Waals surface area contributed by atoms with Crippen LogP contribution in [0.1, 0.15) is 31.0 Å². The quantitative estimate of drug-likeness (QED) is 0.914. The van der Waals surface area contributed by atoms with Crippen LogP contribution in [-0.2, 0) is 11.3 Å². The molecule has 0 fully saturated rings. The molecular weight excluding hydrogens is 238 g/mol. The molecule has 0 spiro atoms. The Morgan fingerprint density at radius 1 is 1.16 bits per heavy atom. The number of nitrogens with zero attached hydrogens (tertiary/aromatic N) is 2. The summed E-state index contributed by atoms with van der Waals surface area (Å²) in [6.45, 7) is 4.77. The zero-order valence-corrected chi connectivity index (χ0v) is 11.6. The Morgan fingerprint density at radius 3 is 2.42 bits per heavy atom. The second-order valence-electron chi connectivity index (χ2n) is 4.82. The van der Waals surface area contributed by atoms with Crippen molar-refractivity contribution in [3.05, 3.63) is 41.6 Å². The van der Waals surface area contributed by atoms with Gasteiger partial charge in [0.15, 0.2) is 5.82 Å². The van der Waals surface area contributed by atoms with Crippen LogP contribution in [0, 0.1) is 0 Å². The third kappa shape index (κ3) is 3.29. The van der Waals surface area contributed by atoms with Gasteiger partial charge in [0, 0.05) is 18.7 Å². The van der Waals surface area contributed by atoms with E-state index in [1.165, 1.54) is 5.56 Å². The fourth-order valence-electron chi connectivity index (χ4n) is 1.89. The summed E-state index contributed by atoms with van der Waals surface area (Å²) in [5.41, 5.74) is 8.85. The van der Waals surface area contributed by atoms with Crippen molar-refractivity contribution in [3.63, 3.8) is 0 Å². The smallest absolute Gasteiger partial charge is 0.161 e. The first-order valence-electron chi connectivity index (χ1n) is 6.33. The molecule has 0 amide bonds. The Morgan fingerprint density at radius 2 is 1.84 bits per heavy atom. The number of nitrogen functional groups attached to an aromatic ring is 1. The molecule has 0 aliphatic heterocycles. The van der Waals surface area contributed by atoms with Gasteiger partial charge in [-0.25, -0.2) is 9.97 Å². The first-order chi connectivity index (χ1) is 9.10. The van der Waals surface area contributed by atoms with Gasteiger partial charge >= 0.3 is 0 Å². The second-order valence-corrected chi connectivity index (χ2v) is 4.82. The van der Waals surface area contributed by atoms with E-state index in [0.717, 1.165) is 11.3 Å². The number of methoxy groups -OCH3 is 1. The lowest BCUT2D eigenvalue weighted by molar-refractivity contribution is 0.181. The Labute approximate surface area is 113 Å². The van der Waals surface area contributed by atoms with E-state index in [4.69, 9.17) is 10.5 Å². The molecule has 1 heterocycles. The van der Waals surface area contributed by atoms with Crippen molar-refractivity contribution < 1.29 is 4.74 Å². The predicted molar refractivity (Wildman–Crippen MR) is 76.7 cm³/mol. The summed E-state index contributed by atoms with van der Waals surface area (Å²) in [7, 11) is 1.63. The summed E-state index contributed by atoms with van der Waals surface area (Å²) in [5.74, 6) is 1.62. The van der Waals surface area contributed by atoms with E-state index in [9.17, 15) is 0 Å². The molecule has 2 aromatic rings. The third-order valence-corrected chi connectivity index (χ3v) is 2.93. The zero-order valence-electron chi connectivity index (χ0n) is 11.6. The Bertz CT molecular complexity index is 550. The topological polar surface area (TPSA) is 61.0 Å². The van der Waals surface area contributed by atoms with Crippen LogP contribution in [0.4, 0.5) is 5.82 Å². The number of benzene rings is 1. The van der Waals surface area contributed by atoms with Gasteiger partial charge < -0.3 is 10.5 Å². The molecule has 0 saturated heterocycles. The highest BCUT2D eigenvalue weighted by Gasteiger charge is 2.06. The highest BCUT2D eigenvalue weighted by Crippen LogP contribution is 2.21. The highest BCUT2D eigenvalue weighted by molar-refractivity contribution is 5.57. The summed E-state index contributed by atoms with van der Waals surface area (Å²) in [5, 5.41) is 0. The zero-order chi connectivity index (χ0) is 13.8. The van der Waals surface area contributed by atoms with Crippen LogP contribution >= 0.6 is 0 Å². The van der Waals surface area contributed by atoms with Crippen LogP contribution in [0.2, 0.25) is 0 Å². The maximum Gasteiger partial charge on any atom is 0.161 e. The number of ether oxygens (including phenoxy) is 1. The summed E-state index contributed by atoms with van der Waals surface area (Å²) in [6, 6.07) is 9.99. The molecular formula is C15H19N3O.